The van der Waals surface area contributed by atoms with Gasteiger partial charge in [0.1, 0.15) is 12.7 Å². The highest BCUT2D eigenvalue weighted by Gasteiger charge is 1.98. The molecule has 2 aromatic rings. The number of rotatable bonds is 2. The van der Waals surface area contributed by atoms with Crippen molar-refractivity contribution in [2.75, 3.05) is 0 Å². The van der Waals surface area contributed by atoms with Crippen molar-refractivity contribution < 1.29 is 0 Å². The van der Waals surface area contributed by atoms with E-state index in [2.05, 4.69) is 20.3 Å². The molecular formula is C6H8N6. The van der Waals surface area contributed by atoms with E-state index in [0.29, 0.717) is 0 Å². The minimum Gasteiger partial charge on any atom is -0.221 e. The van der Waals surface area contributed by atoms with E-state index in [1.54, 1.807) is 12.5 Å². The topological polar surface area (TPSA) is 61.4 Å². The first kappa shape index (κ1) is 6.96. The van der Waals surface area contributed by atoms with Crippen molar-refractivity contribution >= 4 is 0 Å². The molecule has 0 N–H and O–H groups in total. The van der Waals surface area contributed by atoms with Crippen molar-refractivity contribution in [3.05, 3.63) is 24.5 Å². The lowest BCUT2D eigenvalue weighted by Gasteiger charge is -1.93. The minimum absolute atomic E-state index is 0.870. The van der Waals surface area contributed by atoms with Gasteiger partial charge in [-0.05, 0) is 6.42 Å². The summed E-state index contributed by atoms with van der Waals surface area (Å²) in [5, 5.41) is 12.0. The summed E-state index contributed by atoms with van der Waals surface area (Å²) in [6.45, 7) is 2.02. The van der Waals surface area contributed by atoms with Crippen LogP contribution >= 0.6 is 0 Å². The lowest BCUT2D eigenvalue weighted by molar-refractivity contribution is 0.439. The first-order valence-corrected chi connectivity index (χ1v) is 3.66. The van der Waals surface area contributed by atoms with Gasteiger partial charge < -0.3 is 0 Å². The highest BCUT2D eigenvalue weighted by molar-refractivity contribution is 4.89. The number of aryl methyl sites for hydroxylation is 1. The van der Waals surface area contributed by atoms with Crippen LogP contribution in [0.2, 0.25) is 0 Å². The second-order valence-electron chi connectivity index (χ2n) is 2.27. The van der Waals surface area contributed by atoms with Gasteiger partial charge in [-0.2, -0.15) is 0 Å². The van der Waals surface area contributed by atoms with Crippen molar-refractivity contribution in [1.82, 2.24) is 30.0 Å². The summed E-state index contributed by atoms with van der Waals surface area (Å²) in [7, 11) is 0. The molecule has 6 nitrogen and oxygen atoms in total. The lowest BCUT2D eigenvalue weighted by atomic mass is 10.4. The molecule has 0 aliphatic heterocycles. The number of hydrogen-bond donors (Lipinski definition) is 0. The summed E-state index contributed by atoms with van der Waals surface area (Å²) < 4.78 is 0. The molecule has 0 bridgehead atoms. The van der Waals surface area contributed by atoms with Crippen molar-refractivity contribution in [3.8, 4) is 0 Å². The third kappa shape index (κ3) is 1.07. The van der Waals surface area contributed by atoms with Crippen LogP contribution in [0.3, 0.4) is 0 Å². The SMILES string of the molecule is CCc1cnn(-n2cncn2)n1. The lowest BCUT2D eigenvalue weighted by Crippen LogP contribution is -2.13. The van der Waals surface area contributed by atoms with E-state index in [1.807, 2.05) is 6.92 Å². The average Bonchev–Trinajstić information content (AvgIpc) is 2.75. The molecule has 0 aliphatic carbocycles. The Balaban J connectivity index is 2.35. The predicted molar refractivity (Wildman–Crippen MR) is 40.2 cm³/mol. The normalized spacial score (nSPS) is 10.4. The second kappa shape index (κ2) is 2.72. The zero-order valence-corrected chi connectivity index (χ0v) is 6.62. The minimum atomic E-state index is 0.870. The molecule has 2 aromatic heterocycles. The zero-order chi connectivity index (χ0) is 8.39. The molecule has 0 aliphatic rings. The van der Waals surface area contributed by atoms with Crippen LogP contribution < -0.4 is 0 Å². The highest BCUT2D eigenvalue weighted by atomic mass is 15.8. The summed E-state index contributed by atoms with van der Waals surface area (Å²) in [5.74, 6) is 0. The standard InChI is InChI=1S/C6H8N6/c1-2-6-3-8-12(10-6)11-5-7-4-9-11/h3-5H,2H2,1H3. The van der Waals surface area contributed by atoms with Gasteiger partial charge in [0.2, 0.25) is 0 Å². The molecular weight excluding hydrogens is 156 g/mol. The van der Waals surface area contributed by atoms with Crippen LogP contribution in [0, 0.1) is 0 Å². The highest BCUT2D eigenvalue weighted by Crippen LogP contribution is 1.91. The Morgan fingerprint density at radius 1 is 1.42 bits per heavy atom. The molecule has 0 aromatic carbocycles. The van der Waals surface area contributed by atoms with Crippen LogP contribution in [-0.4, -0.2) is 30.0 Å². The van der Waals surface area contributed by atoms with Gasteiger partial charge >= 0.3 is 0 Å². The molecule has 0 saturated heterocycles. The number of aromatic nitrogens is 6. The van der Waals surface area contributed by atoms with E-state index in [1.165, 1.54) is 16.0 Å². The number of hydrogen-bond acceptors (Lipinski definition) is 4. The molecule has 12 heavy (non-hydrogen) atoms. The first-order chi connectivity index (χ1) is 5.90. The molecule has 2 rings (SSSR count). The predicted octanol–water partition coefficient (Wildman–Crippen LogP) is -0.257. The summed E-state index contributed by atoms with van der Waals surface area (Å²) in [6.07, 6.45) is 5.56. The van der Waals surface area contributed by atoms with Crippen LogP contribution in [0.25, 0.3) is 0 Å². The molecule has 62 valence electrons. The van der Waals surface area contributed by atoms with Gasteiger partial charge in [-0.15, -0.1) is 20.1 Å². The van der Waals surface area contributed by atoms with Gasteiger partial charge in [0, 0.05) is 0 Å². The Morgan fingerprint density at radius 2 is 2.33 bits per heavy atom. The Morgan fingerprint density at radius 3 is 2.92 bits per heavy atom. The third-order valence-electron chi connectivity index (χ3n) is 1.48. The molecule has 2 heterocycles. The van der Waals surface area contributed by atoms with Gasteiger partial charge in [-0.3, -0.25) is 0 Å². The van der Waals surface area contributed by atoms with Crippen LogP contribution in [0.4, 0.5) is 0 Å². The molecule has 0 unspecified atom stereocenters. The summed E-state index contributed by atoms with van der Waals surface area (Å²) in [5.41, 5.74) is 0.936. The van der Waals surface area contributed by atoms with Crippen LogP contribution in [-0.2, 0) is 6.42 Å². The zero-order valence-electron chi connectivity index (χ0n) is 6.62. The Labute approximate surface area is 68.8 Å². The molecule has 0 saturated carbocycles. The van der Waals surface area contributed by atoms with Gasteiger partial charge in [0.15, 0.2) is 0 Å². The Kier molecular flexibility index (Phi) is 1.58. The first-order valence-electron chi connectivity index (χ1n) is 3.66. The maximum atomic E-state index is 4.14. The largest absolute Gasteiger partial charge is 0.221 e. The molecule has 0 spiro atoms. The molecule has 0 atom stereocenters. The fourth-order valence-corrected chi connectivity index (χ4v) is 0.840. The second-order valence-corrected chi connectivity index (χ2v) is 2.27. The van der Waals surface area contributed by atoms with Gasteiger partial charge in [0.05, 0.1) is 11.9 Å². The average molecular weight is 164 g/mol. The third-order valence-corrected chi connectivity index (χ3v) is 1.48. The fourth-order valence-electron chi connectivity index (χ4n) is 0.840. The van der Waals surface area contributed by atoms with Gasteiger partial charge in [-0.25, -0.2) is 4.98 Å². The Hall–Kier alpha value is -1.72. The number of nitrogens with zero attached hydrogens (tertiary/aromatic N) is 6. The molecule has 0 fully saturated rings. The van der Waals surface area contributed by atoms with Crippen LogP contribution in [0.5, 0.6) is 0 Å². The molecule has 6 heteroatoms. The van der Waals surface area contributed by atoms with Crippen molar-refractivity contribution in [2.24, 2.45) is 0 Å². The van der Waals surface area contributed by atoms with Crippen molar-refractivity contribution in [2.45, 2.75) is 13.3 Å². The van der Waals surface area contributed by atoms with E-state index in [4.69, 9.17) is 0 Å². The maximum Gasteiger partial charge on any atom is 0.141 e. The van der Waals surface area contributed by atoms with E-state index < -0.39 is 0 Å². The summed E-state index contributed by atoms with van der Waals surface area (Å²) >= 11 is 0. The molecule has 0 amide bonds. The molecule has 0 radical (unpaired) electrons. The van der Waals surface area contributed by atoms with Gasteiger partial charge in [0.25, 0.3) is 0 Å². The smallest absolute Gasteiger partial charge is 0.141 e. The monoisotopic (exact) mass is 164 g/mol. The quantitative estimate of drug-likeness (QED) is 0.613. The van der Waals surface area contributed by atoms with E-state index in [0.717, 1.165) is 12.1 Å². The Bertz CT molecular complexity index is 348. The van der Waals surface area contributed by atoms with E-state index in [-0.39, 0.29) is 0 Å². The van der Waals surface area contributed by atoms with Crippen molar-refractivity contribution in [3.63, 3.8) is 0 Å². The summed E-state index contributed by atoms with van der Waals surface area (Å²) in [6, 6.07) is 0. The van der Waals surface area contributed by atoms with Crippen LogP contribution in [0.1, 0.15) is 12.6 Å². The van der Waals surface area contributed by atoms with E-state index >= 15 is 0 Å². The fraction of sp³-hybridized carbons (Fsp3) is 0.333. The van der Waals surface area contributed by atoms with Crippen LogP contribution in [0.15, 0.2) is 18.9 Å². The van der Waals surface area contributed by atoms with Crippen molar-refractivity contribution in [1.29, 1.82) is 0 Å². The maximum absolute atomic E-state index is 4.14. The van der Waals surface area contributed by atoms with Gasteiger partial charge in [-0.1, -0.05) is 11.8 Å². The van der Waals surface area contributed by atoms with E-state index in [9.17, 15) is 0 Å². The summed E-state index contributed by atoms with van der Waals surface area (Å²) in [4.78, 5) is 6.64.